The van der Waals surface area contributed by atoms with Crippen LogP contribution in [0.25, 0.3) is 0 Å². The average Bonchev–Trinajstić information content (AvgIpc) is 3.44. The van der Waals surface area contributed by atoms with Crippen molar-refractivity contribution in [2.75, 3.05) is 30.4 Å². The number of hydrogen-bond donors (Lipinski definition) is 3. The maximum absolute atomic E-state index is 13.9. The van der Waals surface area contributed by atoms with Gasteiger partial charge in [-0.1, -0.05) is 18.2 Å². The summed E-state index contributed by atoms with van der Waals surface area (Å²) in [6, 6.07) is 11.8. The van der Waals surface area contributed by atoms with Crippen LogP contribution >= 0.6 is 0 Å². The van der Waals surface area contributed by atoms with Crippen LogP contribution in [-0.2, 0) is 19.1 Å². The van der Waals surface area contributed by atoms with Crippen molar-refractivity contribution in [2.45, 2.75) is 57.8 Å². The van der Waals surface area contributed by atoms with Crippen molar-refractivity contribution in [1.82, 2.24) is 4.90 Å². The smallest absolute Gasteiger partial charge is 0.250 e. The number of amides is 3. The van der Waals surface area contributed by atoms with Crippen LogP contribution in [0.1, 0.15) is 37.8 Å². The van der Waals surface area contributed by atoms with Crippen LogP contribution in [0.3, 0.4) is 0 Å². The fraction of sp³-hybridized carbons (Fsp3) is 0.483. The number of aliphatic hydroxyl groups excluding tert-OH is 1. The number of aryl methyl sites for hydroxylation is 2. The second-order valence-corrected chi connectivity index (χ2v) is 10.7. The minimum Gasteiger partial charge on any atom is -0.494 e. The molecule has 2 aromatic carbocycles. The summed E-state index contributed by atoms with van der Waals surface area (Å²) >= 11 is 0. The minimum absolute atomic E-state index is 0.0186. The van der Waals surface area contributed by atoms with Crippen molar-refractivity contribution in [3.63, 3.8) is 0 Å². The minimum atomic E-state index is -1.15. The van der Waals surface area contributed by atoms with Gasteiger partial charge < -0.3 is 30.1 Å². The first-order valence-corrected chi connectivity index (χ1v) is 13.2. The van der Waals surface area contributed by atoms with Gasteiger partial charge in [-0.3, -0.25) is 14.4 Å². The first kappa shape index (κ1) is 26.2. The molecule has 3 fully saturated rings. The zero-order valence-corrected chi connectivity index (χ0v) is 22.2. The highest BCUT2D eigenvalue weighted by Crippen LogP contribution is 2.63. The summed E-state index contributed by atoms with van der Waals surface area (Å²) in [7, 11) is 0. The second-order valence-electron chi connectivity index (χ2n) is 10.7. The number of carbonyl (C=O) groups is 3. The quantitative estimate of drug-likeness (QED) is 0.492. The number of β-amino-alcohol motifs (C(OH)–C–C–N with tert-alkyl or cyclic N) is 1. The van der Waals surface area contributed by atoms with Gasteiger partial charge >= 0.3 is 0 Å². The van der Waals surface area contributed by atoms with Gasteiger partial charge in [0.2, 0.25) is 17.7 Å². The molecule has 5 rings (SSSR count). The van der Waals surface area contributed by atoms with Crippen molar-refractivity contribution < 1.29 is 29.0 Å². The van der Waals surface area contributed by atoms with Crippen LogP contribution in [0, 0.1) is 25.7 Å². The molecule has 202 valence electrons. The van der Waals surface area contributed by atoms with Crippen LogP contribution in [0.4, 0.5) is 11.4 Å². The number of para-hydroxylation sites is 1. The summed E-state index contributed by atoms with van der Waals surface area (Å²) in [5.41, 5.74) is 1.04. The van der Waals surface area contributed by atoms with Crippen LogP contribution < -0.4 is 15.4 Å². The monoisotopic (exact) mass is 521 g/mol. The van der Waals surface area contributed by atoms with Crippen LogP contribution in [0.2, 0.25) is 0 Å². The van der Waals surface area contributed by atoms with Gasteiger partial charge in [0.25, 0.3) is 0 Å². The SMILES string of the molecule is CCOc1ccc(NC(=O)[C@H]2[C@H]3C(=O)N(CCO)C(C(=O)Nc4c(C)cccc4C)C34CC[C@]2(C)O4)cc1. The van der Waals surface area contributed by atoms with E-state index >= 15 is 0 Å². The van der Waals surface area contributed by atoms with E-state index < -0.39 is 29.1 Å². The lowest BCUT2D eigenvalue weighted by molar-refractivity contribution is -0.143. The van der Waals surface area contributed by atoms with Crippen molar-refractivity contribution in [3.8, 4) is 5.75 Å². The number of aliphatic hydroxyl groups is 1. The summed E-state index contributed by atoms with van der Waals surface area (Å²) < 4.78 is 12.1. The Balaban J connectivity index is 1.46. The number of nitrogens with one attached hydrogen (secondary N) is 2. The lowest BCUT2D eigenvalue weighted by atomic mass is 9.66. The van der Waals surface area contributed by atoms with Gasteiger partial charge in [0.1, 0.15) is 17.4 Å². The van der Waals surface area contributed by atoms with E-state index in [1.807, 2.05) is 45.9 Å². The number of rotatable bonds is 8. The molecule has 5 atom stereocenters. The Hall–Kier alpha value is -3.43. The molecule has 3 heterocycles. The lowest BCUT2D eigenvalue weighted by Crippen LogP contribution is -2.53. The highest BCUT2D eigenvalue weighted by Gasteiger charge is 2.77. The van der Waals surface area contributed by atoms with E-state index in [0.717, 1.165) is 11.1 Å². The molecular weight excluding hydrogens is 486 g/mol. The van der Waals surface area contributed by atoms with Gasteiger partial charge in [-0.25, -0.2) is 0 Å². The highest BCUT2D eigenvalue weighted by molar-refractivity contribution is 6.05. The molecule has 0 aromatic heterocycles. The van der Waals surface area contributed by atoms with Crippen LogP contribution in [-0.4, -0.2) is 64.7 Å². The first-order valence-electron chi connectivity index (χ1n) is 13.2. The Labute approximate surface area is 222 Å². The number of carbonyl (C=O) groups excluding carboxylic acids is 3. The molecule has 3 saturated heterocycles. The van der Waals surface area contributed by atoms with Gasteiger partial charge in [-0.05, 0) is 75.9 Å². The molecule has 3 amide bonds. The maximum Gasteiger partial charge on any atom is 0.250 e. The fourth-order valence-corrected chi connectivity index (χ4v) is 6.70. The molecule has 38 heavy (non-hydrogen) atoms. The van der Waals surface area contributed by atoms with Crippen molar-refractivity contribution in [3.05, 3.63) is 53.6 Å². The molecule has 0 radical (unpaired) electrons. The largest absolute Gasteiger partial charge is 0.494 e. The molecule has 3 N–H and O–H groups in total. The third-order valence-corrected chi connectivity index (χ3v) is 8.31. The highest BCUT2D eigenvalue weighted by atomic mass is 16.5. The first-order chi connectivity index (χ1) is 18.1. The normalized spacial score (nSPS) is 29.3. The Bertz CT molecular complexity index is 1240. The van der Waals surface area contributed by atoms with E-state index in [-0.39, 0.29) is 30.9 Å². The fourth-order valence-electron chi connectivity index (χ4n) is 6.70. The molecule has 3 aliphatic heterocycles. The van der Waals surface area contributed by atoms with Crippen molar-refractivity contribution in [2.24, 2.45) is 11.8 Å². The maximum atomic E-state index is 13.9. The number of nitrogens with zero attached hydrogens (tertiary/aromatic N) is 1. The van der Waals surface area contributed by atoms with E-state index in [9.17, 15) is 19.5 Å². The second kappa shape index (κ2) is 9.71. The van der Waals surface area contributed by atoms with E-state index in [4.69, 9.17) is 9.47 Å². The van der Waals surface area contributed by atoms with Gasteiger partial charge in [0.15, 0.2) is 0 Å². The summed E-state index contributed by atoms with van der Waals surface area (Å²) in [6.45, 7) is 7.79. The number of anilines is 2. The van der Waals surface area contributed by atoms with Gasteiger partial charge in [0, 0.05) is 17.9 Å². The summed E-state index contributed by atoms with van der Waals surface area (Å²) in [6.07, 6.45) is 1.01. The molecule has 9 heteroatoms. The van der Waals surface area contributed by atoms with Crippen LogP contribution in [0.5, 0.6) is 5.75 Å². The molecule has 2 unspecified atom stereocenters. The molecule has 3 aliphatic rings. The third-order valence-electron chi connectivity index (χ3n) is 8.31. The molecular formula is C29H35N3O6. The number of ether oxygens (including phenoxy) is 2. The predicted octanol–water partition coefficient (Wildman–Crippen LogP) is 3.04. The van der Waals surface area contributed by atoms with Crippen molar-refractivity contribution in [1.29, 1.82) is 0 Å². The lowest BCUT2D eigenvalue weighted by Gasteiger charge is -2.33. The summed E-state index contributed by atoms with van der Waals surface area (Å²) in [5.74, 6) is -1.95. The van der Waals surface area contributed by atoms with Crippen molar-refractivity contribution >= 4 is 29.1 Å². The van der Waals surface area contributed by atoms with Gasteiger partial charge in [0.05, 0.1) is 30.7 Å². The zero-order valence-electron chi connectivity index (χ0n) is 22.2. The molecule has 0 aliphatic carbocycles. The molecule has 2 bridgehead atoms. The van der Waals surface area contributed by atoms with Gasteiger partial charge in [-0.15, -0.1) is 0 Å². The number of benzene rings is 2. The van der Waals surface area contributed by atoms with E-state index in [0.29, 0.717) is 36.6 Å². The standard InChI is InChI=1S/C29H35N3O6/c1-5-37-20-11-9-19(10-12-20)30-25(34)21-22-27(36)32(15-16-33)24(29(22)14-13-28(21,4)38-29)26(35)31-23-17(2)7-6-8-18(23)3/h6-12,21-22,24,33H,5,13-16H2,1-4H3,(H,30,34)(H,31,35)/t21-,22+,24?,28+,29?/m1/s1. The molecule has 1 spiro atoms. The summed E-state index contributed by atoms with van der Waals surface area (Å²) in [4.78, 5) is 42.8. The molecule has 9 nitrogen and oxygen atoms in total. The Morgan fingerprint density at radius 3 is 2.39 bits per heavy atom. The van der Waals surface area contributed by atoms with E-state index in [2.05, 4.69) is 10.6 Å². The van der Waals surface area contributed by atoms with Crippen LogP contribution in [0.15, 0.2) is 42.5 Å². The Morgan fingerprint density at radius 2 is 1.76 bits per heavy atom. The molecule has 2 aromatic rings. The number of hydrogen-bond acceptors (Lipinski definition) is 6. The Morgan fingerprint density at radius 1 is 1.08 bits per heavy atom. The summed E-state index contributed by atoms with van der Waals surface area (Å²) in [5, 5.41) is 15.7. The topological polar surface area (TPSA) is 117 Å². The molecule has 0 saturated carbocycles. The van der Waals surface area contributed by atoms with E-state index in [1.54, 1.807) is 24.3 Å². The number of fused-ring (bicyclic) bond motifs is 1. The third kappa shape index (κ3) is 4.05. The zero-order chi connectivity index (χ0) is 27.2. The van der Waals surface area contributed by atoms with E-state index in [1.165, 1.54) is 4.90 Å². The Kier molecular flexibility index (Phi) is 6.69. The van der Waals surface area contributed by atoms with Gasteiger partial charge in [-0.2, -0.15) is 0 Å². The average molecular weight is 522 g/mol. The number of likely N-dealkylation sites (tertiary alicyclic amines) is 1. The predicted molar refractivity (Wildman–Crippen MR) is 142 cm³/mol.